The lowest BCUT2D eigenvalue weighted by atomic mass is 9.46. The largest absolute Gasteiger partial charge is 0.457 e. The van der Waals surface area contributed by atoms with Crippen molar-refractivity contribution in [2.24, 2.45) is 28.6 Å². The fourth-order valence-electron chi connectivity index (χ4n) is 8.34. The van der Waals surface area contributed by atoms with Gasteiger partial charge in [-0.2, -0.15) is 0 Å². The van der Waals surface area contributed by atoms with Gasteiger partial charge in [0, 0.05) is 28.6 Å². The number of furan rings is 1. The molecule has 0 spiro atoms. The molecule has 8 nitrogen and oxygen atoms in total. The first-order chi connectivity index (χ1) is 19.1. The first-order valence-electron chi connectivity index (χ1n) is 13.9. The number of Topliss-reactive ketones (excluding diaryl/α,β-unsaturated/α-hetero) is 1. The number of aromatic nitrogens is 2. The third-order valence-corrected chi connectivity index (χ3v) is 11.0. The Morgan fingerprint density at radius 2 is 2.08 bits per heavy atom. The standard InChI is InChI=1S/C31H34N2O6S/c1-18-10-13-32-28(33-18)40-17-25(36)31(39-27(37)24-5-4-14-38-24)12-9-22-21-7-6-19-15-20(34)8-11-29(19,2)26(21)23(35)16-30(22,31)3/h4-5,8,10-11,13-15,21-23,26,35H,6-7,9,12,16-17H2,1-3H3/t21-,22-,23-,26+,29-,30-,31-/m0/s1. The van der Waals surface area contributed by atoms with Gasteiger partial charge in [-0.15, -0.1) is 0 Å². The van der Waals surface area contributed by atoms with E-state index >= 15 is 0 Å². The van der Waals surface area contributed by atoms with Crippen molar-refractivity contribution in [2.45, 2.75) is 69.7 Å². The molecule has 6 rings (SSSR count). The molecular weight excluding hydrogens is 528 g/mol. The summed E-state index contributed by atoms with van der Waals surface area (Å²) >= 11 is 1.23. The minimum absolute atomic E-state index is 0.00790. The molecule has 7 atom stereocenters. The van der Waals surface area contributed by atoms with Crippen molar-refractivity contribution < 1.29 is 28.6 Å². The van der Waals surface area contributed by atoms with Crippen LogP contribution in [0.4, 0.5) is 0 Å². The van der Waals surface area contributed by atoms with E-state index in [4.69, 9.17) is 9.15 Å². The molecule has 3 fully saturated rings. The Labute approximate surface area is 237 Å². The van der Waals surface area contributed by atoms with Gasteiger partial charge in [-0.3, -0.25) is 9.59 Å². The molecule has 210 valence electrons. The molecule has 0 bridgehead atoms. The van der Waals surface area contributed by atoms with Crippen LogP contribution in [0.5, 0.6) is 0 Å². The van der Waals surface area contributed by atoms with E-state index < -0.39 is 28.5 Å². The summed E-state index contributed by atoms with van der Waals surface area (Å²) in [5.74, 6) is -0.732. The Bertz CT molecular complexity index is 1420. The van der Waals surface area contributed by atoms with Gasteiger partial charge in [0.1, 0.15) is 0 Å². The molecule has 4 aliphatic rings. The third kappa shape index (κ3) is 4.12. The number of nitrogens with zero attached hydrogens (tertiary/aromatic N) is 2. The van der Waals surface area contributed by atoms with Gasteiger partial charge >= 0.3 is 5.97 Å². The van der Waals surface area contributed by atoms with Crippen molar-refractivity contribution in [1.29, 1.82) is 0 Å². The van der Waals surface area contributed by atoms with Crippen LogP contribution in [0, 0.1) is 35.5 Å². The molecule has 2 aromatic rings. The zero-order chi connectivity index (χ0) is 28.3. The van der Waals surface area contributed by atoms with E-state index in [0.29, 0.717) is 24.4 Å². The first-order valence-corrected chi connectivity index (χ1v) is 14.9. The fraction of sp³-hybridized carbons (Fsp3) is 0.516. The lowest BCUT2D eigenvalue weighted by molar-refractivity contribution is -0.176. The van der Waals surface area contributed by atoms with Crippen LogP contribution in [0.3, 0.4) is 0 Å². The van der Waals surface area contributed by atoms with Gasteiger partial charge in [-0.25, -0.2) is 14.8 Å². The number of ketones is 2. The van der Waals surface area contributed by atoms with Crippen molar-refractivity contribution in [3.8, 4) is 0 Å². The lowest BCUT2D eigenvalue weighted by Crippen LogP contribution is -2.62. The highest BCUT2D eigenvalue weighted by molar-refractivity contribution is 7.99. The van der Waals surface area contributed by atoms with Gasteiger partial charge in [-0.05, 0) is 81.2 Å². The number of allylic oxidation sites excluding steroid dienone is 4. The molecule has 1 N–H and O–H groups in total. The number of carbonyl (C=O) groups excluding carboxylic acids is 3. The highest BCUT2D eigenvalue weighted by atomic mass is 32.2. The molecular formula is C31H34N2O6S. The maximum Gasteiger partial charge on any atom is 0.375 e. The second-order valence-electron chi connectivity index (χ2n) is 12.1. The lowest BCUT2D eigenvalue weighted by Gasteiger charge is -2.59. The highest BCUT2D eigenvalue weighted by Gasteiger charge is 2.70. The quantitative estimate of drug-likeness (QED) is 0.297. The number of hydrogen-bond donors (Lipinski definition) is 1. The number of rotatable bonds is 6. The Hall–Kier alpha value is -3.04. The molecule has 2 aromatic heterocycles. The average molecular weight is 563 g/mol. The molecule has 4 aliphatic carbocycles. The molecule has 0 amide bonds. The molecule has 0 unspecified atom stereocenters. The van der Waals surface area contributed by atoms with Gasteiger partial charge < -0.3 is 14.3 Å². The summed E-state index contributed by atoms with van der Waals surface area (Å²) in [5, 5.41) is 12.3. The molecule has 0 aromatic carbocycles. The van der Waals surface area contributed by atoms with Crippen LogP contribution in [0.2, 0.25) is 0 Å². The summed E-state index contributed by atoms with van der Waals surface area (Å²) in [6, 6.07) is 4.94. The Morgan fingerprint density at radius 3 is 2.83 bits per heavy atom. The van der Waals surface area contributed by atoms with Gasteiger partial charge in [0.15, 0.2) is 22.3 Å². The summed E-state index contributed by atoms with van der Waals surface area (Å²) in [4.78, 5) is 48.4. The van der Waals surface area contributed by atoms with Crippen molar-refractivity contribution in [3.05, 3.63) is 65.9 Å². The Kier molecular flexibility index (Phi) is 6.65. The van der Waals surface area contributed by atoms with E-state index in [9.17, 15) is 19.5 Å². The molecule has 3 saturated carbocycles. The Morgan fingerprint density at radius 1 is 1.25 bits per heavy atom. The maximum absolute atomic E-state index is 14.3. The fourth-order valence-corrected chi connectivity index (χ4v) is 9.18. The van der Waals surface area contributed by atoms with Crippen LogP contribution in [0.15, 0.2) is 64.0 Å². The molecule has 0 saturated heterocycles. The number of thioether (sulfide) groups is 1. The average Bonchev–Trinajstić information content (AvgIpc) is 3.55. The van der Waals surface area contributed by atoms with Crippen LogP contribution in [-0.4, -0.2) is 50.1 Å². The molecule has 0 aliphatic heterocycles. The van der Waals surface area contributed by atoms with Crippen molar-refractivity contribution in [3.63, 3.8) is 0 Å². The summed E-state index contributed by atoms with van der Waals surface area (Å²) in [5.41, 5.74) is -0.762. The zero-order valence-corrected chi connectivity index (χ0v) is 23.8. The highest BCUT2D eigenvalue weighted by Crippen LogP contribution is 2.68. The van der Waals surface area contributed by atoms with E-state index in [0.717, 1.165) is 24.1 Å². The third-order valence-electron chi connectivity index (χ3n) is 10.2. The summed E-state index contributed by atoms with van der Waals surface area (Å²) < 4.78 is 11.6. The summed E-state index contributed by atoms with van der Waals surface area (Å²) in [6.45, 7) is 6.00. The second-order valence-corrected chi connectivity index (χ2v) is 13.1. The summed E-state index contributed by atoms with van der Waals surface area (Å²) in [7, 11) is 0. The van der Waals surface area contributed by atoms with Crippen LogP contribution in [0.25, 0.3) is 0 Å². The zero-order valence-electron chi connectivity index (χ0n) is 23.0. The van der Waals surface area contributed by atoms with Crippen molar-refractivity contribution in [1.82, 2.24) is 9.97 Å². The number of esters is 1. The first kappa shape index (κ1) is 27.1. The van der Waals surface area contributed by atoms with Crippen molar-refractivity contribution in [2.75, 3.05) is 5.75 Å². The molecule has 0 radical (unpaired) electrons. The number of fused-ring (bicyclic) bond motifs is 5. The topological polar surface area (TPSA) is 120 Å². The predicted octanol–water partition coefficient (Wildman–Crippen LogP) is 4.91. The van der Waals surface area contributed by atoms with E-state index in [1.54, 1.807) is 30.5 Å². The number of ether oxygens (including phenoxy) is 1. The number of aryl methyl sites for hydroxylation is 1. The Balaban J connectivity index is 1.35. The SMILES string of the molecule is Cc1ccnc(SCC(=O)[C@@]2(OC(=O)c3ccco3)CC[C@H]3[C@@H]4CCC5=CC(=O)C=C[C@]5(C)[C@H]4[C@@H](O)C[C@@]32C)n1. The molecule has 2 heterocycles. The van der Waals surface area contributed by atoms with Gasteiger partial charge in [-0.1, -0.05) is 37.3 Å². The minimum Gasteiger partial charge on any atom is -0.457 e. The van der Waals surface area contributed by atoms with Gasteiger partial charge in [0.25, 0.3) is 0 Å². The monoisotopic (exact) mass is 562 g/mol. The molecule has 40 heavy (non-hydrogen) atoms. The predicted molar refractivity (Wildman–Crippen MR) is 147 cm³/mol. The van der Waals surface area contributed by atoms with Gasteiger partial charge in [0.2, 0.25) is 5.76 Å². The van der Waals surface area contributed by atoms with Crippen LogP contribution < -0.4 is 0 Å². The van der Waals surface area contributed by atoms with E-state index in [1.807, 2.05) is 19.9 Å². The normalized spacial score (nSPS) is 36.3. The number of hydrogen-bond acceptors (Lipinski definition) is 9. The number of aliphatic hydroxyl groups excluding tert-OH is 1. The minimum atomic E-state index is -1.43. The second kappa shape index (κ2) is 9.80. The maximum atomic E-state index is 14.3. The number of carbonyl (C=O) groups is 3. The van der Waals surface area contributed by atoms with Crippen LogP contribution in [0.1, 0.15) is 62.2 Å². The molecule has 9 heteroatoms. The van der Waals surface area contributed by atoms with Crippen molar-refractivity contribution >= 4 is 29.3 Å². The van der Waals surface area contributed by atoms with Gasteiger partial charge in [0.05, 0.1) is 18.1 Å². The number of aliphatic hydroxyl groups is 1. The van der Waals surface area contributed by atoms with Crippen LogP contribution >= 0.6 is 11.8 Å². The van der Waals surface area contributed by atoms with E-state index in [-0.39, 0.29) is 40.8 Å². The van der Waals surface area contributed by atoms with E-state index in [2.05, 4.69) is 16.9 Å². The summed E-state index contributed by atoms with van der Waals surface area (Å²) in [6.07, 6.45) is 10.6. The smallest absolute Gasteiger partial charge is 0.375 e. The van der Waals surface area contributed by atoms with E-state index in [1.165, 1.54) is 24.1 Å². The van der Waals surface area contributed by atoms with Crippen LogP contribution in [-0.2, 0) is 14.3 Å².